The molecule has 0 fully saturated rings. The highest BCUT2D eigenvalue weighted by molar-refractivity contribution is 7.99. The Morgan fingerprint density at radius 1 is 1.14 bits per heavy atom. The average molecular weight is 314 g/mol. The standard InChI is InChI=1S/C15H14N4S2/c1-20-14-8-13(16)18-15(19-14)21-9-10-4-2-6-12-11(10)5-3-7-17-12/h2-8H,9H2,1H3,(H2,16,18,19). The Hall–Kier alpha value is -1.79. The molecule has 2 aromatic heterocycles. The quantitative estimate of drug-likeness (QED) is 0.451. The summed E-state index contributed by atoms with van der Waals surface area (Å²) in [5.74, 6) is 1.30. The van der Waals surface area contributed by atoms with Gasteiger partial charge in [0.2, 0.25) is 0 Å². The number of rotatable bonds is 4. The Morgan fingerprint density at radius 3 is 2.90 bits per heavy atom. The van der Waals surface area contributed by atoms with Gasteiger partial charge in [-0.2, -0.15) is 0 Å². The molecule has 0 radical (unpaired) electrons. The van der Waals surface area contributed by atoms with E-state index < -0.39 is 0 Å². The summed E-state index contributed by atoms with van der Waals surface area (Å²) in [7, 11) is 0. The molecule has 0 amide bonds. The number of hydrogen-bond acceptors (Lipinski definition) is 6. The van der Waals surface area contributed by atoms with Crippen molar-refractivity contribution < 1.29 is 0 Å². The molecule has 1 aromatic carbocycles. The van der Waals surface area contributed by atoms with Crippen LogP contribution in [0.5, 0.6) is 0 Å². The molecule has 0 aliphatic carbocycles. The van der Waals surface area contributed by atoms with Gasteiger partial charge in [0.25, 0.3) is 0 Å². The van der Waals surface area contributed by atoms with Gasteiger partial charge in [0.1, 0.15) is 10.8 Å². The van der Waals surface area contributed by atoms with Gasteiger partial charge >= 0.3 is 0 Å². The number of pyridine rings is 1. The highest BCUT2D eigenvalue weighted by Gasteiger charge is 2.06. The van der Waals surface area contributed by atoms with E-state index in [1.165, 1.54) is 10.9 Å². The highest BCUT2D eigenvalue weighted by Crippen LogP contribution is 2.26. The van der Waals surface area contributed by atoms with Crippen LogP contribution in [0.3, 0.4) is 0 Å². The van der Waals surface area contributed by atoms with Crippen molar-refractivity contribution in [2.24, 2.45) is 0 Å². The predicted octanol–water partition coefficient (Wildman–Crippen LogP) is 3.62. The smallest absolute Gasteiger partial charge is 0.190 e. The summed E-state index contributed by atoms with van der Waals surface area (Å²) in [5, 5.41) is 2.77. The topological polar surface area (TPSA) is 64.7 Å². The van der Waals surface area contributed by atoms with Crippen LogP contribution in [-0.4, -0.2) is 21.2 Å². The molecule has 21 heavy (non-hydrogen) atoms. The number of benzene rings is 1. The molecule has 0 atom stereocenters. The number of thioether (sulfide) groups is 2. The van der Waals surface area contributed by atoms with Crippen LogP contribution in [-0.2, 0) is 5.75 Å². The molecule has 106 valence electrons. The molecule has 6 heteroatoms. The van der Waals surface area contributed by atoms with Crippen molar-refractivity contribution in [3.63, 3.8) is 0 Å². The molecular formula is C15H14N4S2. The van der Waals surface area contributed by atoms with Crippen LogP contribution in [0.2, 0.25) is 0 Å². The van der Waals surface area contributed by atoms with Crippen molar-refractivity contribution in [1.82, 2.24) is 15.0 Å². The average Bonchev–Trinajstić information content (AvgIpc) is 2.52. The van der Waals surface area contributed by atoms with E-state index in [1.807, 2.05) is 30.7 Å². The Balaban J connectivity index is 1.85. The number of hydrogen-bond donors (Lipinski definition) is 1. The maximum Gasteiger partial charge on any atom is 0.190 e. The van der Waals surface area contributed by atoms with Gasteiger partial charge in [-0.25, -0.2) is 9.97 Å². The zero-order chi connectivity index (χ0) is 14.7. The van der Waals surface area contributed by atoms with E-state index in [0.29, 0.717) is 11.0 Å². The maximum atomic E-state index is 5.81. The SMILES string of the molecule is CSc1cc(N)nc(SCc2cccc3ncccc23)n1. The molecule has 0 aliphatic heterocycles. The lowest BCUT2D eigenvalue weighted by molar-refractivity contribution is 0.900. The number of nitrogen functional groups attached to an aromatic ring is 1. The van der Waals surface area contributed by atoms with E-state index in [4.69, 9.17) is 5.73 Å². The van der Waals surface area contributed by atoms with Gasteiger partial charge in [0.15, 0.2) is 5.16 Å². The van der Waals surface area contributed by atoms with Crippen molar-refractivity contribution in [2.75, 3.05) is 12.0 Å². The van der Waals surface area contributed by atoms with Crippen molar-refractivity contribution >= 4 is 40.2 Å². The lowest BCUT2D eigenvalue weighted by atomic mass is 10.1. The van der Waals surface area contributed by atoms with Crippen LogP contribution in [0, 0.1) is 0 Å². The van der Waals surface area contributed by atoms with Crippen molar-refractivity contribution in [1.29, 1.82) is 0 Å². The Morgan fingerprint density at radius 2 is 2.05 bits per heavy atom. The van der Waals surface area contributed by atoms with Gasteiger partial charge in [-0.05, 0) is 24.0 Å². The molecule has 0 saturated heterocycles. The molecule has 0 spiro atoms. The second kappa shape index (κ2) is 6.32. The van der Waals surface area contributed by atoms with Crippen LogP contribution in [0.1, 0.15) is 5.56 Å². The lowest BCUT2D eigenvalue weighted by Gasteiger charge is -2.06. The maximum absolute atomic E-state index is 5.81. The molecule has 0 saturated carbocycles. The number of anilines is 1. The van der Waals surface area contributed by atoms with Gasteiger partial charge in [-0.1, -0.05) is 30.0 Å². The second-order valence-corrected chi connectivity index (χ2v) is 6.16. The third-order valence-electron chi connectivity index (χ3n) is 3.00. The van der Waals surface area contributed by atoms with Crippen LogP contribution in [0.15, 0.2) is 52.8 Å². The van der Waals surface area contributed by atoms with Gasteiger partial charge in [0, 0.05) is 23.4 Å². The summed E-state index contributed by atoms with van der Waals surface area (Å²) in [6, 6.07) is 12.0. The first kappa shape index (κ1) is 14.2. The fourth-order valence-electron chi connectivity index (χ4n) is 2.03. The third-order valence-corrected chi connectivity index (χ3v) is 4.53. The summed E-state index contributed by atoms with van der Waals surface area (Å²) < 4.78 is 0. The summed E-state index contributed by atoms with van der Waals surface area (Å²) >= 11 is 3.16. The summed E-state index contributed by atoms with van der Waals surface area (Å²) in [4.78, 5) is 13.1. The number of nitrogens with zero attached hydrogens (tertiary/aromatic N) is 3. The normalized spacial score (nSPS) is 10.9. The zero-order valence-electron chi connectivity index (χ0n) is 11.5. The van der Waals surface area contributed by atoms with E-state index >= 15 is 0 Å². The third kappa shape index (κ3) is 3.28. The zero-order valence-corrected chi connectivity index (χ0v) is 13.1. The minimum absolute atomic E-state index is 0.511. The molecule has 3 aromatic rings. The second-order valence-electron chi connectivity index (χ2n) is 4.39. The van der Waals surface area contributed by atoms with E-state index in [9.17, 15) is 0 Å². The largest absolute Gasteiger partial charge is 0.384 e. The molecule has 0 aliphatic rings. The van der Waals surface area contributed by atoms with E-state index in [1.54, 1.807) is 29.6 Å². The number of nitrogens with two attached hydrogens (primary N) is 1. The highest BCUT2D eigenvalue weighted by atomic mass is 32.2. The molecule has 2 heterocycles. The van der Waals surface area contributed by atoms with Crippen molar-refractivity contribution in [3.05, 3.63) is 48.2 Å². The summed E-state index contributed by atoms with van der Waals surface area (Å²) in [6.45, 7) is 0. The number of aromatic nitrogens is 3. The van der Waals surface area contributed by atoms with E-state index in [2.05, 4.69) is 27.1 Å². The Kier molecular flexibility index (Phi) is 4.26. The van der Waals surface area contributed by atoms with Gasteiger partial charge < -0.3 is 5.73 Å². The monoisotopic (exact) mass is 314 g/mol. The molecule has 0 bridgehead atoms. The van der Waals surface area contributed by atoms with Gasteiger partial charge in [0.05, 0.1) is 5.52 Å². The minimum atomic E-state index is 0.511. The Bertz CT molecular complexity index is 771. The Labute approximate surface area is 131 Å². The predicted molar refractivity (Wildman–Crippen MR) is 89.5 cm³/mol. The van der Waals surface area contributed by atoms with Crippen LogP contribution < -0.4 is 5.73 Å². The van der Waals surface area contributed by atoms with E-state index in [0.717, 1.165) is 16.3 Å². The number of fused-ring (bicyclic) bond motifs is 1. The van der Waals surface area contributed by atoms with Gasteiger partial charge in [-0.3, -0.25) is 4.98 Å². The van der Waals surface area contributed by atoms with Crippen molar-refractivity contribution in [3.8, 4) is 0 Å². The molecular weight excluding hydrogens is 300 g/mol. The first-order chi connectivity index (χ1) is 10.3. The summed E-state index contributed by atoms with van der Waals surface area (Å²) in [5.41, 5.74) is 8.04. The van der Waals surface area contributed by atoms with Crippen LogP contribution in [0.25, 0.3) is 10.9 Å². The molecule has 3 rings (SSSR count). The van der Waals surface area contributed by atoms with Crippen molar-refractivity contribution in [2.45, 2.75) is 15.9 Å². The van der Waals surface area contributed by atoms with Crippen LogP contribution in [0.4, 0.5) is 5.82 Å². The fraction of sp³-hybridized carbons (Fsp3) is 0.133. The first-order valence-corrected chi connectivity index (χ1v) is 8.61. The lowest BCUT2D eigenvalue weighted by Crippen LogP contribution is -1.96. The van der Waals surface area contributed by atoms with Crippen LogP contribution >= 0.6 is 23.5 Å². The minimum Gasteiger partial charge on any atom is -0.384 e. The molecule has 0 unspecified atom stereocenters. The molecule has 2 N–H and O–H groups in total. The summed E-state index contributed by atoms with van der Waals surface area (Å²) in [6.07, 6.45) is 3.79. The van der Waals surface area contributed by atoms with E-state index in [-0.39, 0.29) is 0 Å². The fourth-order valence-corrected chi connectivity index (χ4v) is 3.37. The molecule has 4 nitrogen and oxygen atoms in total. The van der Waals surface area contributed by atoms with Gasteiger partial charge in [-0.15, -0.1) is 11.8 Å². The first-order valence-electron chi connectivity index (χ1n) is 6.40.